The molecule has 1 aromatic carbocycles. The Hall–Kier alpha value is -1.76. The molecule has 2 aromatic rings. The van der Waals surface area contributed by atoms with Crippen LogP contribution in [0.2, 0.25) is 0 Å². The van der Waals surface area contributed by atoms with Gasteiger partial charge < -0.3 is 14.7 Å². The van der Waals surface area contributed by atoms with Crippen molar-refractivity contribution in [1.82, 2.24) is 15.0 Å². The molecule has 0 saturated carbocycles. The summed E-state index contributed by atoms with van der Waals surface area (Å²) < 4.78 is 5.30. The Morgan fingerprint density at radius 3 is 2.57 bits per heavy atom. The summed E-state index contributed by atoms with van der Waals surface area (Å²) in [4.78, 5) is 6.38. The molecule has 0 bridgehead atoms. The van der Waals surface area contributed by atoms with Crippen molar-refractivity contribution in [2.75, 3.05) is 26.8 Å². The number of aromatic nitrogens is 2. The first kappa shape index (κ1) is 17.6. The Labute approximate surface area is 136 Å². The third kappa shape index (κ3) is 4.86. The minimum absolute atomic E-state index is 0.0732. The molecule has 126 valence electrons. The molecule has 1 aromatic heterocycles. The lowest BCUT2D eigenvalue weighted by atomic mass is 9.92. The summed E-state index contributed by atoms with van der Waals surface area (Å²) in [6.07, 6.45) is 0.644. The molecule has 0 aliphatic heterocycles. The largest absolute Gasteiger partial charge is 0.396 e. The van der Waals surface area contributed by atoms with E-state index in [9.17, 15) is 10.2 Å². The van der Waals surface area contributed by atoms with Crippen LogP contribution in [0.4, 0.5) is 0 Å². The van der Waals surface area contributed by atoms with Gasteiger partial charge in [-0.15, -0.1) is 0 Å². The molecule has 0 unspecified atom stereocenters. The fourth-order valence-corrected chi connectivity index (χ4v) is 2.49. The van der Waals surface area contributed by atoms with Crippen molar-refractivity contribution in [3.8, 4) is 0 Å². The molecule has 0 aliphatic carbocycles. The number of aliphatic hydroxyl groups excluding tert-OH is 2. The maximum absolute atomic E-state index is 9.36. The molecule has 2 N–H and O–H groups in total. The maximum atomic E-state index is 9.36. The lowest BCUT2D eigenvalue weighted by molar-refractivity contribution is 0.0378. The molecule has 23 heavy (non-hydrogen) atoms. The van der Waals surface area contributed by atoms with E-state index in [1.165, 1.54) is 11.1 Å². The van der Waals surface area contributed by atoms with Crippen LogP contribution in [-0.2, 0) is 13.0 Å². The monoisotopic (exact) mass is 319 g/mol. The van der Waals surface area contributed by atoms with E-state index in [1.807, 2.05) is 31.0 Å². The molecule has 0 fully saturated rings. The van der Waals surface area contributed by atoms with Gasteiger partial charge in [-0.05, 0) is 25.1 Å². The van der Waals surface area contributed by atoms with Gasteiger partial charge in [0.2, 0.25) is 5.89 Å². The minimum atomic E-state index is -0.543. The van der Waals surface area contributed by atoms with E-state index in [0.717, 1.165) is 0 Å². The first-order valence-electron chi connectivity index (χ1n) is 7.72. The van der Waals surface area contributed by atoms with Crippen LogP contribution in [-0.4, -0.2) is 52.1 Å². The number of aliphatic hydroxyl groups is 2. The average molecular weight is 319 g/mol. The topological polar surface area (TPSA) is 82.6 Å². The number of rotatable bonds is 8. The highest BCUT2D eigenvalue weighted by molar-refractivity contribution is 5.27. The van der Waals surface area contributed by atoms with Crippen molar-refractivity contribution >= 4 is 0 Å². The molecule has 0 spiro atoms. The number of aryl methyl sites for hydroxylation is 1. The fraction of sp³-hybridized carbons (Fsp3) is 0.529. The van der Waals surface area contributed by atoms with E-state index in [2.05, 4.69) is 29.2 Å². The Balaban J connectivity index is 1.96. The normalized spacial score (nSPS) is 12.1. The average Bonchev–Trinajstić information content (AvgIpc) is 2.96. The summed E-state index contributed by atoms with van der Waals surface area (Å²) in [5, 5.41) is 22.7. The van der Waals surface area contributed by atoms with Crippen molar-refractivity contribution in [2.45, 2.75) is 26.8 Å². The molecule has 0 aliphatic rings. The van der Waals surface area contributed by atoms with E-state index in [4.69, 9.17) is 4.52 Å². The SMILES string of the molecule is Cc1ccccc1Cc1noc(CN(C)CC(C)(CO)CO)n1. The van der Waals surface area contributed by atoms with Gasteiger partial charge in [-0.1, -0.05) is 36.3 Å². The maximum Gasteiger partial charge on any atom is 0.240 e. The van der Waals surface area contributed by atoms with Crippen LogP contribution in [0.5, 0.6) is 0 Å². The van der Waals surface area contributed by atoms with Gasteiger partial charge in [0.25, 0.3) is 0 Å². The molecule has 0 radical (unpaired) electrons. The lowest BCUT2D eigenvalue weighted by Gasteiger charge is -2.29. The van der Waals surface area contributed by atoms with Gasteiger partial charge in [-0.25, -0.2) is 0 Å². The number of hydrogen-bond acceptors (Lipinski definition) is 6. The Morgan fingerprint density at radius 1 is 1.22 bits per heavy atom. The van der Waals surface area contributed by atoms with Gasteiger partial charge in [0.15, 0.2) is 5.82 Å². The summed E-state index contributed by atoms with van der Waals surface area (Å²) >= 11 is 0. The van der Waals surface area contributed by atoms with Gasteiger partial charge in [0.05, 0.1) is 19.8 Å². The fourth-order valence-electron chi connectivity index (χ4n) is 2.49. The van der Waals surface area contributed by atoms with Gasteiger partial charge >= 0.3 is 0 Å². The highest BCUT2D eigenvalue weighted by Crippen LogP contribution is 2.17. The molecular weight excluding hydrogens is 294 g/mol. The minimum Gasteiger partial charge on any atom is -0.396 e. The first-order valence-corrected chi connectivity index (χ1v) is 7.72. The number of hydrogen-bond donors (Lipinski definition) is 2. The Bertz CT molecular complexity index is 623. The zero-order valence-corrected chi connectivity index (χ0v) is 14.0. The predicted octanol–water partition coefficient (Wildman–Crippen LogP) is 1.39. The second kappa shape index (κ2) is 7.68. The molecular formula is C17H25N3O3. The standard InChI is InChI=1S/C17H25N3O3/c1-13-6-4-5-7-14(13)8-15-18-16(23-19-15)9-20(3)10-17(2,11-21)12-22/h4-7,21-22H,8-12H2,1-3H3. The molecule has 2 rings (SSSR count). The van der Waals surface area contributed by atoms with Crippen molar-refractivity contribution in [1.29, 1.82) is 0 Å². The van der Waals surface area contributed by atoms with Crippen LogP contribution in [0.15, 0.2) is 28.8 Å². The summed E-state index contributed by atoms with van der Waals surface area (Å²) in [6, 6.07) is 8.14. The summed E-state index contributed by atoms with van der Waals surface area (Å²) in [5.74, 6) is 1.20. The third-order valence-corrected chi connectivity index (χ3v) is 3.94. The molecule has 1 heterocycles. The van der Waals surface area contributed by atoms with E-state index >= 15 is 0 Å². The first-order chi connectivity index (χ1) is 11.0. The highest BCUT2D eigenvalue weighted by atomic mass is 16.5. The summed E-state index contributed by atoms with van der Waals surface area (Å²) in [5.41, 5.74) is 1.85. The Morgan fingerprint density at radius 2 is 1.91 bits per heavy atom. The molecule has 6 nitrogen and oxygen atoms in total. The smallest absolute Gasteiger partial charge is 0.240 e. The van der Waals surface area contributed by atoms with Gasteiger partial charge in [-0.2, -0.15) is 4.98 Å². The Kier molecular flexibility index (Phi) is 5.87. The number of nitrogens with zero attached hydrogens (tertiary/aromatic N) is 3. The molecule has 0 amide bonds. The van der Waals surface area contributed by atoms with Crippen LogP contribution in [0.3, 0.4) is 0 Å². The van der Waals surface area contributed by atoms with Gasteiger partial charge in [0, 0.05) is 18.4 Å². The quantitative estimate of drug-likeness (QED) is 0.765. The van der Waals surface area contributed by atoms with E-state index in [0.29, 0.717) is 31.2 Å². The summed E-state index contributed by atoms with van der Waals surface area (Å²) in [7, 11) is 1.90. The lowest BCUT2D eigenvalue weighted by Crippen LogP contribution is -2.38. The van der Waals surface area contributed by atoms with Crippen molar-refractivity contribution in [3.63, 3.8) is 0 Å². The van der Waals surface area contributed by atoms with Crippen LogP contribution in [0.25, 0.3) is 0 Å². The zero-order valence-electron chi connectivity index (χ0n) is 14.0. The van der Waals surface area contributed by atoms with E-state index in [-0.39, 0.29) is 13.2 Å². The number of benzene rings is 1. The molecule has 0 atom stereocenters. The van der Waals surface area contributed by atoms with Crippen LogP contribution in [0.1, 0.15) is 29.8 Å². The van der Waals surface area contributed by atoms with E-state index in [1.54, 1.807) is 0 Å². The van der Waals surface area contributed by atoms with Gasteiger partial charge in [-0.3, -0.25) is 4.90 Å². The van der Waals surface area contributed by atoms with Crippen molar-refractivity contribution in [3.05, 3.63) is 47.1 Å². The molecule has 0 saturated heterocycles. The second-order valence-corrected chi connectivity index (χ2v) is 6.51. The van der Waals surface area contributed by atoms with Crippen LogP contribution < -0.4 is 0 Å². The van der Waals surface area contributed by atoms with Crippen LogP contribution >= 0.6 is 0 Å². The highest BCUT2D eigenvalue weighted by Gasteiger charge is 2.25. The second-order valence-electron chi connectivity index (χ2n) is 6.51. The van der Waals surface area contributed by atoms with Crippen LogP contribution in [0, 0.1) is 12.3 Å². The zero-order chi connectivity index (χ0) is 16.9. The predicted molar refractivity (Wildman–Crippen MR) is 86.9 cm³/mol. The van der Waals surface area contributed by atoms with Gasteiger partial charge in [0.1, 0.15) is 0 Å². The van der Waals surface area contributed by atoms with Crippen molar-refractivity contribution in [2.24, 2.45) is 5.41 Å². The third-order valence-electron chi connectivity index (χ3n) is 3.94. The van der Waals surface area contributed by atoms with E-state index < -0.39 is 5.41 Å². The molecule has 6 heteroatoms. The summed E-state index contributed by atoms with van der Waals surface area (Å²) in [6.45, 7) is 4.77. The van der Waals surface area contributed by atoms with Crippen molar-refractivity contribution < 1.29 is 14.7 Å².